The van der Waals surface area contributed by atoms with Crippen LogP contribution in [-0.2, 0) is 4.79 Å². The Morgan fingerprint density at radius 3 is 2.22 bits per heavy atom. The topological polar surface area (TPSA) is 43.8 Å². The third-order valence-electron chi connectivity index (χ3n) is 1.93. The fourth-order valence-electron chi connectivity index (χ4n) is 0.928. The quantitative estimate of drug-likeness (QED) is 0.589. The maximum absolute atomic E-state index is 10.4. The second-order valence-corrected chi connectivity index (χ2v) is 7.34. The summed E-state index contributed by atoms with van der Waals surface area (Å²) in [4.78, 5) is 14.2. The van der Waals surface area contributed by atoms with Gasteiger partial charge < -0.3 is 14.9 Å². The van der Waals surface area contributed by atoms with Gasteiger partial charge in [0.25, 0.3) is 0 Å². The summed E-state index contributed by atoms with van der Waals surface area (Å²) >= 11 is 13.5. The highest BCUT2D eigenvalue weighted by atomic mass is 32.2. The van der Waals surface area contributed by atoms with Gasteiger partial charge in [-0.1, -0.05) is 48.0 Å². The van der Waals surface area contributed by atoms with Crippen molar-refractivity contribution in [2.24, 2.45) is 0 Å². The molecule has 0 amide bonds. The third-order valence-corrected chi connectivity index (χ3v) is 5.42. The molecule has 0 saturated carbocycles. The van der Waals surface area contributed by atoms with Gasteiger partial charge in [0.05, 0.1) is 5.08 Å². The maximum Gasteiger partial charge on any atom is 0.303 e. The molecule has 8 heteroatoms. The van der Waals surface area contributed by atoms with Crippen LogP contribution in [0.2, 0.25) is 0 Å². The zero-order chi connectivity index (χ0) is 14.1. The van der Waals surface area contributed by atoms with E-state index in [-0.39, 0.29) is 6.42 Å². The number of thioether (sulfide) groups is 2. The summed E-state index contributed by atoms with van der Waals surface area (Å²) in [5.74, 6) is -0.770. The normalized spacial score (nSPS) is 9.94. The molecule has 0 aliphatic rings. The van der Waals surface area contributed by atoms with Crippen molar-refractivity contribution in [3.8, 4) is 0 Å². The molecule has 0 aliphatic carbocycles. The molecule has 1 N–H and O–H groups in total. The fraction of sp³-hybridized carbons (Fsp3) is 0.700. The Morgan fingerprint density at radius 1 is 1.17 bits per heavy atom. The Kier molecular flexibility index (Phi) is 9.80. The van der Waals surface area contributed by atoms with Gasteiger partial charge in [0.1, 0.15) is 8.64 Å². The minimum absolute atomic E-state index is 0.178. The summed E-state index contributed by atoms with van der Waals surface area (Å²) in [5, 5.41) is 9.32. The van der Waals surface area contributed by atoms with Crippen molar-refractivity contribution < 1.29 is 9.90 Å². The molecule has 0 radical (unpaired) electrons. The average molecular weight is 327 g/mol. The lowest BCUT2D eigenvalue weighted by Gasteiger charge is -2.19. The summed E-state index contributed by atoms with van der Waals surface area (Å²) in [5.41, 5.74) is 0. The molecule has 0 aromatic heterocycles. The van der Waals surface area contributed by atoms with Gasteiger partial charge in [0.2, 0.25) is 0 Å². The van der Waals surface area contributed by atoms with Gasteiger partial charge in [0.15, 0.2) is 0 Å². The van der Waals surface area contributed by atoms with Crippen molar-refractivity contribution in [3.63, 3.8) is 0 Å². The van der Waals surface area contributed by atoms with E-state index in [1.54, 1.807) is 23.5 Å². The molecule has 4 nitrogen and oxygen atoms in total. The number of nitrogens with zero attached hydrogens (tertiary/aromatic N) is 2. The second-order valence-electron chi connectivity index (χ2n) is 3.75. The fourth-order valence-corrected chi connectivity index (χ4v) is 3.50. The predicted molar refractivity (Wildman–Crippen MR) is 88.4 cm³/mol. The molecule has 18 heavy (non-hydrogen) atoms. The summed E-state index contributed by atoms with van der Waals surface area (Å²) < 4.78 is 1.60. The molecule has 0 aromatic rings. The maximum atomic E-state index is 10.4. The van der Waals surface area contributed by atoms with Crippen LogP contribution >= 0.6 is 48.0 Å². The summed E-state index contributed by atoms with van der Waals surface area (Å²) in [6.07, 6.45) is 0.785. The van der Waals surface area contributed by atoms with Crippen LogP contribution in [0, 0.1) is 0 Å². The van der Waals surface area contributed by atoms with E-state index in [1.165, 1.54) is 0 Å². The van der Waals surface area contributed by atoms with E-state index >= 15 is 0 Å². The zero-order valence-corrected chi connectivity index (χ0v) is 14.0. The first-order valence-corrected chi connectivity index (χ1v) is 8.07. The van der Waals surface area contributed by atoms with Crippen molar-refractivity contribution in [1.82, 2.24) is 9.80 Å². The Hall–Kier alpha value is -0.0500. The standard InChI is InChI=1S/C10H18N2O2S4/c1-11(2)9(15)17-7-18-10(16)12(3)6-4-5-8(13)14/h4-7H2,1-3H3,(H,13,14). The first-order valence-electron chi connectivity index (χ1n) is 5.28. The Labute approximate surface area is 127 Å². The monoisotopic (exact) mass is 326 g/mol. The number of carboxylic acid groups (broad SMARTS) is 1. The van der Waals surface area contributed by atoms with Crippen LogP contribution < -0.4 is 0 Å². The van der Waals surface area contributed by atoms with E-state index in [9.17, 15) is 4.79 Å². The molecule has 0 spiro atoms. The van der Waals surface area contributed by atoms with E-state index < -0.39 is 5.97 Å². The van der Waals surface area contributed by atoms with Gasteiger partial charge in [-0.15, -0.1) is 0 Å². The lowest BCUT2D eigenvalue weighted by molar-refractivity contribution is -0.137. The van der Waals surface area contributed by atoms with Crippen LogP contribution in [0.1, 0.15) is 12.8 Å². The van der Waals surface area contributed by atoms with Gasteiger partial charge in [0, 0.05) is 34.1 Å². The van der Waals surface area contributed by atoms with Crippen molar-refractivity contribution in [1.29, 1.82) is 0 Å². The molecule has 0 heterocycles. The van der Waals surface area contributed by atoms with Crippen LogP contribution in [0.15, 0.2) is 0 Å². The zero-order valence-electron chi connectivity index (χ0n) is 10.7. The number of hydrogen-bond acceptors (Lipinski definition) is 5. The highest BCUT2D eigenvalue weighted by Crippen LogP contribution is 2.18. The Morgan fingerprint density at radius 2 is 1.72 bits per heavy atom. The molecule has 0 fully saturated rings. The molecule has 0 rings (SSSR count). The van der Waals surface area contributed by atoms with Crippen LogP contribution in [0.3, 0.4) is 0 Å². The molecule has 0 bridgehead atoms. The number of thiocarbonyl (C=S) groups is 2. The molecular formula is C10H18N2O2S4. The first kappa shape index (κ1) is 17.9. The van der Waals surface area contributed by atoms with Crippen LogP contribution in [0.25, 0.3) is 0 Å². The number of hydrogen-bond donors (Lipinski definition) is 1. The predicted octanol–water partition coefficient (Wildman–Crippen LogP) is 2.34. The Balaban J connectivity index is 3.74. The molecule has 0 saturated heterocycles. The van der Waals surface area contributed by atoms with Crippen molar-refractivity contribution in [3.05, 3.63) is 0 Å². The number of carbonyl (C=O) groups is 1. The third kappa shape index (κ3) is 8.96. The Bertz CT molecular complexity index is 310. The molecular weight excluding hydrogens is 308 g/mol. The van der Waals surface area contributed by atoms with Gasteiger partial charge in [-0.25, -0.2) is 0 Å². The summed E-state index contributed by atoms with van der Waals surface area (Å²) in [6.45, 7) is 0.668. The number of carboxylic acids is 1. The second kappa shape index (κ2) is 9.82. The first-order chi connectivity index (χ1) is 8.34. The van der Waals surface area contributed by atoms with Crippen LogP contribution in [0.4, 0.5) is 0 Å². The van der Waals surface area contributed by atoms with Crippen molar-refractivity contribution >= 4 is 62.6 Å². The molecule has 0 unspecified atom stereocenters. The SMILES string of the molecule is CN(C)C(=S)SCSC(=S)N(C)CCCC(=O)O. The molecule has 0 atom stereocenters. The number of rotatable bonds is 6. The largest absolute Gasteiger partial charge is 0.481 e. The molecule has 0 aliphatic heterocycles. The minimum atomic E-state index is -0.770. The highest BCUT2D eigenvalue weighted by Gasteiger charge is 2.07. The smallest absolute Gasteiger partial charge is 0.303 e. The van der Waals surface area contributed by atoms with Crippen LogP contribution in [0.5, 0.6) is 0 Å². The van der Waals surface area contributed by atoms with Crippen molar-refractivity contribution in [2.75, 3.05) is 32.8 Å². The van der Waals surface area contributed by atoms with Crippen molar-refractivity contribution in [2.45, 2.75) is 12.8 Å². The van der Waals surface area contributed by atoms with Crippen LogP contribution in [-0.4, -0.2) is 62.3 Å². The van der Waals surface area contributed by atoms with Gasteiger partial charge in [-0.3, -0.25) is 4.79 Å². The summed E-state index contributed by atoms with van der Waals surface area (Å²) in [7, 11) is 5.71. The summed E-state index contributed by atoms with van der Waals surface area (Å²) in [6, 6.07) is 0. The van der Waals surface area contributed by atoms with E-state index in [0.29, 0.717) is 13.0 Å². The van der Waals surface area contributed by atoms with E-state index in [4.69, 9.17) is 29.5 Å². The van der Waals surface area contributed by atoms with Gasteiger partial charge >= 0.3 is 5.97 Å². The van der Waals surface area contributed by atoms with Gasteiger partial charge in [-0.2, -0.15) is 0 Å². The average Bonchev–Trinajstić information content (AvgIpc) is 2.27. The lowest BCUT2D eigenvalue weighted by Crippen LogP contribution is -2.24. The van der Waals surface area contributed by atoms with E-state index in [0.717, 1.165) is 13.7 Å². The van der Waals surface area contributed by atoms with Gasteiger partial charge in [-0.05, 0) is 6.42 Å². The van der Waals surface area contributed by atoms with E-state index in [2.05, 4.69) is 0 Å². The molecule has 0 aromatic carbocycles. The number of aliphatic carboxylic acids is 1. The highest BCUT2D eigenvalue weighted by molar-refractivity contribution is 8.35. The lowest BCUT2D eigenvalue weighted by atomic mass is 10.3. The minimum Gasteiger partial charge on any atom is -0.481 e. The van der Waals surface area contributed by atoms with E-state index in [1.807, 2.05) is 30.9 Å². The molecule has 104 valence electrons.